The maximum Gasteiger partial charge on any atom is 0.213 e. The predicted molar refractivity (Wildman–Crippen MR) is 57.5 cm³/mol. The normalized spacial score (nSPS) is 9.44. The average Bonchev–Trinajstić information content (AvgIpc) is 2.38. The van der Waals surface area contributed by atoms with Crippen LogP contribution in [-0.2, 0) is 6.61 Å². The Hall–Kier alpha value is -2.41. The second-order valence-electron chi connectivity index (χ2n) is 3.11. The molecule has 0 aromatic carbocycles. The van der Waals surface area contributed by atoms with Gasteiger partial charge in [0.1, 0.15) is 12.7 Å². The van der Waals surface area contributed by atoms with Crippen LogP contribution in [0.25, 0.3) is 0 Å². The number of rotatable bonds is 3. The number of hydrogen-bond donors (Lipinski definition) is 0. The molecule has 0 aliphatic heterocycles. The molecule has 0 fully saturated rings. The van der Waals surface area contributed by atoms with Crippen molar-refractivity contribution in [2.24, 2.45) is 0 Å². The van der Waals surface area contributed by atoms with E-state index in [4.69, 9.17) is 10.00 Å². The Morgan fingerprint density at radius 2 is 2.12 bits per heavy atom. The van der Waals surface area contributed by atoms with Crippen LogP contribution in [0.4, 0.5) is 0 Å². The van der Waals surface area contributed by atoms with Gasteiger partial charge in [0, 0.05) is 18.5 Å². The fourth-order valence-corrected chi connectivity index (χ4v) is 1.16. The van der Waals surface area contributed by atoms with E-state index in [0.29, 0.717) is 18.1 Å². The highest BCUT2D eigenvalue weighted by Crippen LogP contribution is 2.07. The van der Waals surface area contributed by atoms with E-state index in [-0.39, 0.29) is 0 Å². The van der Waals surface area contributed by atoms with Gasteiger partial charge in [-0.1, -0.05) is 6.07 Å². The van der Waals surface area contributed by atoms with E-state index in [1.807, 2.05) is 18.2 Å². The molecular weight excluding hydrogens is 202 g/mol. The van der Waals surface area contributed by atoms with E-state index < -0.39 is 0 Å². The molecule has 0 unspecified atom stereocenters. The van der Waals surface area contributed by atoms with Crippen LogP contribution in [0.15, 0.2) is 42.7 Å². The van der Waals surface area contributed by atoms with Crippen molar-refractivity contribution < 1.29 is 4.74 Å². The molecular formula is C12H9N3O. The van der Waals surface area contributed by atoms with Crippen LogP contribution in [0.3, 0.4) is 0 Å². The van der Waals surface area contributed by atoms with Gasteiger partial charge in [-0.2, -0.15) is 5.26 Å². The van der Waals surface area contributed by atoms with Crippen LogP contribution in [-0.4, -0.2) is 9.97 Å². The minimum atomic E-state index is 0.350. The Bertz CT molecular complexity index is 488. The van der Waals surface area contributed by atoms with Gasteiger partial charge in [0.05, 0.1) is 11.3 Å². The molecule has 78 valence electrons. The van der Waals surface area contributed by atoms with Crippen molar-refractivity contribution in [2.75, 3.05) is 0 Å². The topological polar surface area (TPSA) is 58.8 Å². The molecule has 2 aromatic heterocycles. The number of aromatic nitrogens is 2. The van der Waals surface area contributed by atoms with Gasteiger partial charge in [-0.15, -0.1) is 0 Å². The van der Waals surface area contributed by atoms with Crippen molar-refractivity contribution in [3.63, 3.8) is 0 Å². The lowest BCUT2D eigenvalue weighted by molar-refractivity contribution is 0.289. The standard InChI is InChI=1S/C12H9N3O/c13-7-10-4-5-11(15-8-10)9-16-12-3-1-2-6-14-12/h1-6,8H,9H2. The Morgan fingerprint density at radius 1 is 1.19 bits per heavy atom. The molecule has 2 rings (SSSR count). The van der Waals surface area contributed by atoms with Crippen molar-refractivity contribution in [2.45, 2.75) is 6.61 Å². The number of pyridine rings is 2. The Kier molecular flexibility index (Phi) is 3.10. The molecule has 0 N–H and O–H groups in total. The van der Waals surface area contributed by atoms with Gasteiger partial charge in [-0.05, 0) is 18.2 Å². The molecule has 0 saturated carbocycles. The second-order valence-corrected chi connectivity index (χ2v) is 3.11. The van der Waals surface area contributed by atoms with Crippen molar-refractivity contribution in [1.29, 1.82) is 5.26 Å². The van der Waals surface area contributed by atoms with Crippen LogP contribution in [0.5, 0.6) is 5.88 Å². The third kappa shape index (κ3) is 2.55. The molecule has 0 amide bonds. The van der Waals surface area contributed by atoms with E-state index in [1.54, 1.807) is 24.4 Å². The molecule has 2 heterocycles. The molecule has 0 spiro atoms. The fourth-order valence-electron chi connectivity index (χ4n) is 1.16. The molecule has 0 aliphatic rings. The maximum absolute atomic E-state index is 8.61. The zero-order chi connectivity index (χ0) is 11.2. The van der Waals surface area contributed by atoms with Crippen LogP contribution >= 0.6 is 0 Å². The minimum absolute atomic E-state index is 0.350. The summed E-state index contributed by atoms with van der Waals surface area (Å²) in [5.74, 6) is 0.564. The predicted octanol–water partition coefficient (Wildman–Crippen LogP) is 1.93. The van der Waals surface area contributed by atoms with Crippen LogP contribution in [0, 0.1) is 11.3 Å². The molecule has 0 atom stereocenters. The highest BCUT2D eigenvalue weighted by atomic mass is 16.5. The first kappa shape index (κ1) is 10.1. The molecule has 0 aliphatic carbocycles. The summed E-state index contributed by atoms with van der Waals surface area (Å²) in [5, 5.41) is 8.61. The molecule has 4 nitrogen and oxygen atoms in total. The highest BCUT2D eigenvalue weighted by molar-refractivity contribution is 5.26. The zero-order valence-electron chi connectivity index (χ0n) is 8.50. The summed E-state index contributed by atoms with van der Waals surface area (Å²) in [6, 6.07) is 11.0. The van der Waals surface area contributed by atoms with Crippen molar-refractivity contribution in [1.82, 2.24) is 9.97 Å². The Balaban J connectivity index is 1.98. The van der Waals surface area contributed by atoms with E-state index in [9.17, 15) is 0 Å². The monoisotopic (exact) mass is 211 g/mol. The van der Waals surface area contributed by atoms with E-state index in [0.717, 1.165) is 5.69 Å². The summed E-state index contributed by atoms with van der Waals surface area (Å²) in [6.07, 6.45) is 3.19. The van der Waals surface area contributed by atoms with Gasteiger partial charge in [-0.25, -0.2) is 4.98 Å². The molecule has 2 aromatic rings. The number of ether oxygens (including phenoxy) is 1. The lowest BCUT2D eigenvalue weighted by Gasteiger charge is -2.03. The molecule has 4 heteroatoms. The molecule has 0 bridgehead atoms. The van der Waals surface area contributed by atoms with Crippen LogP contribution in [0.1, 0.15) is 11.3 Å². The number of nitrogens with zero attached hydrogens (tertiary/aromatic N) is 3. The molecule has 0 radical (unpaired) electrons. The lowest BCUT2D eigenvalue weighted by Crippen LogP contribution is -1.99. The van der Waals surface area contributed by atoms with E-state index in [1.165, 1.54) is 6.20 Å². The number of hydrogen-bond acceptors (Lipinski definition) is 4. The first-order valence-electron chi connectivity index (χ1n) is 4.77. The van der Waals surface area contributed by atoms with Crippen LogP contribution in [0.2, 0.25) is 0 Å². The van der Waals surface area contributed by atoms with Gasteiger partial charge in [-0.3, -0.25) is 4.98 Å². The summed E-state index contributed by atoms with van der Waals surface area (Å²) in [7, 11) is 0. The highest BCUT2D eigenvalue weighted by Gasteiger charge is 1.97. The first-order chi connectivity index (χ1) is 7.88. The van der Waals surface area contributed by atoms with Crippen molar-refractivity contribution in [3.8, 4) is 11.9 Å². The summed E-state index contributed by atoms with van der Waals surface area (Å²) in [4.78, 5) is 8.11. The quantitative estimate of drug-likeness (QED) is 0.778. The molecule has 16 heavy (non-hydrogen) atoms. The smallest absolute Gasteiger partial charge is 0.213 e. The summed E-state index contributed by atoms with van der Waals surface area (Å²) in [5.41, 5.74) is 1.31. The van der Waals surface area contributed by atoms with Crippen molar-refractivity contribution >= 4 is 0 Å². The number of nitriles is 1. The minimum Gasteiger partial charge on any atom is -0.471 e. The van der Waals surface area contributed by atoms with Gasteiger partial charge in [0.15, 0.2) is 0 Å². The second kappa shape index (κ2) is 4.89. The summed E-state index contributed by atoms with van der Waals surface area (Å²) in [6.45, 7) is 0.350. The van der Waals surface area contributed by atoms with Gasteiger partial charge >= 0.3 is 0 Å². The van der Waals surface area contributed by atoms with Gasteiger partial charge in [0.2, 0.25) is 5.88 Å². The fraction of sp³-hybridized carbons (Fsp3) is 0.0833. The Labute approximate surface area is 93.2 Å². The first-order valence-corrected chi connectivity index (χ1v) is 4.77. The van der Waals surface area contributed by atoms with Gasteiger partial charge in [0.25, 0.3) is 0 Å². The van der Waals surface area contributed by atoms with Gasteiger partial charge < -0.3 is 4.74 Å². The largest absolute Gasteiger partial charge is 0.471 e. The maximum atomic E-state index is 8.61. The third-order valence-electron chi connectivity index (χ3n) is 1.96. The average molecular weight is 211 g/mol. The Morgan fingerprint density at radius 3 is 2.75 bits per heavy atom. The van der Waals surface area contributed by atoms with Crippen LogP contribution < -0.4 is 4.74 Å². The van der Waals surface area contributed by atoms with E-state index in [2.05, 4.69) is 9.97 Å². The lowest BCUT2D eigenvalue weighted by atomic mass is 10.3. The third-order valence-corrected chi connectivity index (χ3v) is 1.96. The molecule has 0 saturated heterocycles. The SMILES string of the molecule is N#Cc1ccc(COc2ccccn2)nc1. The van der Waals surface area contributed by atoms with Crippen molar-refractivity contribution in [3.05, 3.63) is 54.0 Å². The zero-order valence-corrected chi connectivity index (χ0v) is 8.50. The summed E-state index contributed by atoms with van der Waals surface area (Å²) >= 11 is 0. The summed E-state index contributed by atoms with van der Waals surface area (Å²) < 4.78 is 5.41. The van der Waals surface area contributed by atoms with E-state index >= 15 is 0 Å².